The number of alkyl halides is 3. The second-order valence-electron chi connectivity index (χ2n) is 5.17. The first-order valence-corrected chi connectivity index (χ1v) is 8.35. The average Bonchev–Trinajstić information content (AvgIpc) is 3.01. The topological polar surface area (TPSA) is 78.8 Å². The highest BCUT2D eigenvalue weighted by atomic mass is 32.1. The van der Waals surface area contributed by atoms with Crippen molar-refractivity contribution in [2.24, 2.45) is 4.99 Å². The highest BCUT2D eigenvalue weighted by Gasteiger charge is 2.33. The van der Waals surface area contributed by atoms with E-state index < -0.39 is 11.9 Å². The lowest BCUT2D eigenvalue weighted by Gasteiger charge is -2.13. The second kappa shape index (κ2) is 10.2. The van der Waals surface area contributed by atoms with Gasteiger partial charge in [0.05, 0.1) is 11.6 Å². The van der Waals surface area contributed by atoms with Gasteiger partial charge in [-0.25, -0.2) is 9.98 Å². The zero-order chi connectivity index (χ0) is 18.9. The number of carbonyl (C=O) groups is 1. The van der Waals surface area contributed by atoms with Crippen LogP contribution in [0.25, 0.3) is 0 Å². The normalized spacial score (nSPS) is 12.2. The summed E-state index contributed by atoms with van der Waals surface area (Å²) in [5, 5.41) is 7.32. The zero-order valence-electron chi connectivity index (χ0n) is 14.3. The number of aliphatic imine (C=N–C) groups is 1. The Morgan fingerprint density at radius 1 is 1.36 bits per heavy atom. The molecule has 142 valence electrons. The molecule has 0 bridgehead atoms. The van der Waals surface area contributed by atoms with Crippen molar-refractivity contribution >= 4 is 23.2 Å². The van der Waals surface area contributed by atoms with Gasteiger partial charge in [-0.3, -0.25) is 4.79 Å². The SMILES string of the molecule is COCCNC(=NCC(=O)N(C)C)NCCc1nc(C(F)(F)F)cs1. The lowest BCUT2D eigenvalue weighted by molar-refractivity contribution is -0.140. The smallest absolute Gasteiger partial charge is 0.383 e. The molecular formula is C14H22F3N5O2S. The van der Waals surface area contributed by atoms with Crippen molar-refractivity contribution in [3.63, 3.8) is 0 Å². The van der Waals surface area contributed by atoms with E-state index in [4.69, 9.17) is 4.74 Å². The van der Waals surface area contributed by atoms with Crippen LogP contribution in [0, 0.1) is 0 Å². The second-order valence-corrected chi connectivity index (χ2v) is 6.12. The number of guanidine groups is 1. The molecule has 0 fully saturated rings. The van der Waals surface area contributed by atoms with E-state index in [0.717, 1.165) is 16.7 Å². The zero-order valence-corrected chi connectivity index (χ0v) is 15.1. The van der Waals surface area contributed by atoms with E-state index in [1.165, 1.54) is 4.90 Å². The van der Waals surface area contributed by atoms with E-state index in [0.29, 0.717) is 37.1 Å². The predicted octanol–water partition coefficient (Wildman–Crippen LogP) is 0.974. The van der Waals surface area contributed by atoms with Crippen LogP contribution in [0.4, 0.5) is 13.2 Å². The van der Waals surface area contributed by atoms with Gasteiger partial charge in [0.1, 0.15) is 6.54 Å². The first kappa shape index (κ1) is 21.2. The Labute approximate surface area is 148 Å². The van der Waals surface area contributed by atoms with E-state index >= 15 is 0 Å². The average molecular weight is 381 g/mol. The van der Waals surface area contributed by atoms with Crippen molar-refractivity contribution in [1.82, 2.24) is 20.5 Å². The van der Waals surface area contributed by atoms with Crippen LogP contribution in [0.1, 0.15) is 10.7 Å². The summed E-state index contributed by atoms with van der Waals surface area (Å²) >= 11 is 0.960. The van der Waals surface area contributed by atoms with Gasteiger partial charge >= 0.3 is 6.18 Å². The van der Waals surface area contributed by atoms with Crippen LogP contribution in [0.5, 0.6) is 0 Å². The molecule has 1 heterocycles. The van der Waals surface area contributed by atoms with E-state index in [-0.39, 0.29) is 12.5 Å². The number of nitrogens with zero attached hydrogens (tertiary/aromatic N) is 3. The van der Waals surface area contributed by atoms with Gasteiger partial charge in [-0.1, -0.05) is 0 Å². The van der Waals surface area contributed by atoms with Gasteiger partial charge in [-0.05, 0) is 0 Å². The standard InChI is InChI=1S/C14H22F3N5O2S/c1-22(2)12(23)8-20-13(19-6-7-24-3)18-5-4-11-21-10(9-25-11)14(15,16)17/h9H,4-8H2,1-3H3,(H2,18,19,20). The molecule has 0 aliphatic rings. The molecule has 0 aliphatic carbocycles. The van der Waals surface area contributed by atoms with Crippen LogP contribution in [-0.4, -0.2) is 69.2 Å². The third-order valence-corrected chi connectivity index (χ3v) is 3.85. The monoisotopic (exact) mass is 381 g/mol. The van der Waals surface area contributed by atoms with Crippen LogP contribution in [0.2, 0.25) is 0 Å². The number of rotatable bonds is 8. The Kier molecular flexibility index (Phi) is 8.62. The molecule has 0 aromatic carbocycles. The third-order valence-electron chi connectivity index (χ3n) is 2.94. The van der Waals surface area contributed by atoms with Gasteiger partial charge in [-0.15, -0.1) is 11.3 Å². The molecule has 1 aromatic rings. The number of aromatic nitrogens is 1. The van der Waals surface area contributed by atoms with Gasteiger partial charge in [0.15, 0.2) is 11.7 Å². The quantitative estimate of drug-likeness (QED) is 0.399. The first-order chi connectivity index (χ1) is 11.7. The van der Waals surface area contributed by atoms with Crippen molar-refractivity contribution in [3.05, 3.63) is 16.1 Å². The number of amides is 1. The highest BCUT2D eigenvalue weighted by Crippen LogP contribution is 2.29. The molecular weight excluding hydrogens is 359 g/mol. The maximum absolute atomic E-state index is 12.5. The molecule has 1 rings (SSSR count). The minimum absolute atomic E-state index is 0.0369. The van der Waals surface area contributed by atoms with E-state index in [1.807, 2.05) is 0 Å². The van der Waals surface area contributed by atoms with Crippen LogP contribution in [0.15, 0.2) is 10.4 Å². The van der Waals surface area contributed by atoms with Gasteiger partial charge in [0.25, 0.3) is 0 Å². The lowest BCUT2D eigenvalue weighted by Crippen LogP contribution is -2.40. The summed E-state index contributed by atoms with van der Waals surface area (Å²) in [5.41, 5.74) is -0.879. The molecule has 0 saturated heterocycles. The number of likely N-dealkylation sites (N-methyl/N-ethyl adjacent to an activating group) is 1. The van der Waals surface area contributed by atoms with Crippen molar-refractivity contribution in [2.75, 3.05) is 47.4 Å². The van der Waals surface area contributed by atoms with Crippen LogP contribution in [-0.2, 0) is 22.1 Å². The van der Waals surface area contributed by atoms with E-state index in [1.54, 1.807) is 21.2 Å². The Bertz CT molecular complexity index is 575. The number of thiazole rings is 1. The Morgan fingerprint density at radius 3 is 2.60 bits per heavy atom. The number of methoxy groups -OCH3 is 1. The number of halogens is 3. The number of hydrogen-bond donors (Lipinski definition) is 2. The van der Waals surface area contributed by atoms with Crippen LogP contribution < -0.4 is 10.6 Å². The minimum Gasteiger partial charge on any atom is -0.383 e. The number of carbonyl (C=O) groups excluding carboxylic acids is 1. The van der Waals surface area contributed by atoms with Crippen LogP contribution >= 0.6 is 11.3 Å². The maximum Gasteiger partial charge on any atom is 0.434 e. The molecule has 0 spiro atoms. The Morgan fingerprint density at radius 2 is 2.04 bits per heavy atom. The fraction of sp³-hybridized carbons (Fsp3) is 0.643. The lowest BCUT2D eigenvalue weighted by atomic mass is 10.4. The number of ether oxygens (including phenoxy) is 1. The summed E-state index contributed by atoms with van der Waals surface area (Å²) in [6.45, 7) is 1.22. The molecule has 0 atom stereocenters. The maximum atomic E-state index is 12.5. The molecule has 2 N–H and O–H groups in total. The molecule has 0 aliphatic heterocycles. The number of nitrogens with one attached hydrogen (secondary N) is 2. The van der Waals surface area contributed by atoms with E-state index in [9.17, 15) is 18.0 Å². The largest absolute Gasteiger partial charge is 0.434 e. The number of hydrogen-bond acceptors (Lipinski definition) is 5. The summed E-state index contributed by atoms with van der Waals surface area (Å²) < 4.78 is 42.5. The van der Waals surface area contributed by atoms with Crippen molar-refractivity contribution in [3.8, 4) is 0 Å². The van der Waals surface area contributed by atoms with Crippen molar-refractivity contribution in [2.45, 2.75) is 12.6 Å². The highest BCUT2D eigenvalue weighted by molar-refractivity contribution is 7.09. The molecule has 25 heavy (non-hydrogen) atoms. The molecule has 7 nitrogen and oxygen atoms in total. The predicted molar refractivity (Wildman–Crippen MR) is 89.7 cm³/mol. The molecule has 1 aromatic heterocycles. The van der Waals surface area contributed by atoms with Crippen molar-refractivity contribution < 1.29 is 22.7 Å². The summed E-state index contributed by atoms with van der Waals surface area (Å²) in [7, 11) is 4.82. The molecule has 1 amide bonds. The molecule has 0 saturated carbocycles. The molecule has 11 heteroatoms. The summed E-state index contributed by atoms with van der Waals surface area (Å²) in [5.74, 6) is 0.224. The fourth-order valence-electron chi connectivity index (χ4n) is 1.58. The third kappa shape index (κ3) is 8.16. The Balaban J connectivity index is 2.54. The molecule has 0 unspecified atom stereocenters. The van der Waals surface area contributed by atoms with Gasteiger partial charge < -0.3 is 20.3 Å². The fourth-order valence-corrected chi connectivity index (χ4v) is 2.38. The minimum atomic E-state index is -4.43. The van der Waals surface area contributed by atoms with Gasteiger partial charge in [-0.2, -0.15) is 13.2 Å². The van der Waals surface area contributed by atoms with Crippen molar-refractivity contribution in [1.29, 1.82) is 0 Å². The first-order valence-electron chi connectivity index (χ1n) is 7.47. The van der Waals surface area contributed by atoms with Gasteiger partial charge in [0.2, 0.25) is 5.91 Å². The summed E-state index contributed by atoms with van der Waals surface area (Å²) in [4.78, 5) is 20.7. The van der Waals surface area contributed by atoms with Gasteiger partial charge in [0, 0.05) is 46.1 Å². The summed E-state index contributed by atoms with van der Waals surface area (Å²) in [6.07, 6.45) is -4.11. The van der Waals surface area contributed by atoms with Crippen LogP contribution in [0.3, 0.4) is 0 Å². The molecule has 0 radical (unpaired) electrons. The van der Waals surface area contributed by atoms with E-state index in [2.05, 4.69) is 20.6 Å². The Hall–Kier alpha value is -1.88. The summed E-state index contributed by atoms with van der Waals surface area (Å²) in [6, 6.07) is 0.